The molecule has 0 radical (unpaired) electrons. The summed E-state index contributed by atoms with van der Waals surface area (Å²) in [5, 5.41) is 6.62. The molecule has 9 heteroatoms. The van der Waals surface area contributed by atoms with Crippen molar-refractivity contribution in [2.24, 2.45) is 0 Å². The molecule has 1 aliphatic heterocycles. The van der Waals surface area contributed by atoms with Gasteiger partial charge in [-0.2, -0.15) is 0 Å². The maximum absolute atomic E-state index is 13.9. The van der Waals surface area contributed by atoms with Gasteiger partial charge < -0.3 is 20.5 Å². The van der Waals surface area contributed by atoms with Gasteiger partial charge in [-0.25, -0.2) is 4.39 Å². The molecule has 166 valence electrons. The van der Waals surface area contributed by atoms with E-state index >= 15 is 0 Å². The number of hydrogen-bond acceptors (Lipinski definition) is 3. The largest absolute Gasteiger partial charge is 0.362 e. The molecular formula is C23H23FIN5OS. The number of rotatable bonds is 6. The van der Waals surface area contributed by atoms with Crippen molar-refractivity contribution in [1.29, 1.82) is 0 Å². The highest BCUT2D eigenvalue weighted by atomic mass is 127. The molecule has 1 aliphatic rings. The van der Waals surface area contributed by atoms with E-state index in [0.717, 1.165) is 26.2 Å². The van der Waals surface area contributed by atoms with E-state index in [1.54, 1.807) is 24.4 Å². The van der Waals surface area contributed by atoms with E-state index in [4.69, 9.17) is 12.2 Å². The van der Waals surface area contributed by atoms with Gasteiger partial charge in [0.25, 0.3) is 0 Å². The van der Waals surface area contributed by atoms with E-state index in [2.05, 4.69) is 43.2 Å². The summed E-state index contributed by atoms with van der Waals surface area (Å²) in [4.78, 5) is 22.6. The van der Waals surface area contributed by atoms with Crippen LogP contribution in [-0.4, -0.2) is 32.4 Å². The first-order chi connectivity index (χ1) is 15.4. The third kappa shape index (κ3) is 4.49. The first-order valence-electron chi connectivity index (χ1n) is 10.2. The van der Waals surface area contributed by atoms with Gasteiger partial charge in [0.2, 0.25) is 5.91 Å². The number of carbonyl (C=O) groups excluding carboxylic acids is 1. The Hall–Kier alpha value is -2.53. The summed E-state index contributed by atoms with van der Waals surface area (Å²) >= 11 is 8.03. The van der Waals surface area contributed by atoms with Gasteiger partial charge in [0.1, 0.15) is 5.82 Å². The zero-order valence-corrected chi connectivity index (χ0v) is 20.6. The summed E-state index contributed by atoms with van der Waals surface area (Å²) in [6, 6.07) is 11.7. The smallest absolute Gasteiger partial charge is 0.226 e. The molecule has 3 N–H and O–H groups in total. The monoisotopic (exact) mass is 563 g/mol. The second kappa shape index (κ2) is 9.53. The van der Waals surface area contributed by atoms with E-state index < -0.39 is 5.82 Å². The molecule has 6 nitrogen and oxygen atoms in total. The first kappa shape index (κ1) is 22.7. The number of anilines is 1. The summed E-state index contributed by atoms with van der Waals surface area (Å²) < 4.78 is 15.0. The number of nitrogens with zero attached hydrogens (tertiary/aromatic N) is 2. The van der Waals surface area contributed by atoms with Crippen LogP contribution in [0.2, 0.25) is 0 Å². The molecule has 1 amide bonds. The van der Waals surface area contributed by atoms with Crippen LogP contribution < -0.4 is 10.6 Å². The molecule has 4 rings (SSSR count). The van der Waals surface area contributed by atoms with Crippen LogP contribution in [0.5, 0.6) is 0 Å². The van der Waals surface area contributed by atoms with Crippen molar-refractivity contribution in [2.45, 2.75) is 32.4 Å². The minimum atomic E-state index is -0.458. The Morgan fingerprint density at radius 1 is 1.22 bits per heavy atom. The Bertz CT molecular complexity index is 1150. The molecule has 0 aliphatic carbocycles. The molecule has 32 heavy (non-hydrogen) atoms. The summed E-state index contributed by atoms with van der Waals surface area (Å²) in [7, 11) is 0. The number of halogens is 2. The van der Waals surface area contributed by atoms with Crippen molar-refractivity contribution < 1.29 is 9.18 Å². The summed E-state index contributed by atoms with van der Waals surface area (Å²) in [5.74, 6) is -0.727. The Morgan fingerprint density at radius 2 is 1.97 bits per heavy atom. The highest BCUT2D eigenvalue weighted by Gasteiger charge is 2.42. The van der Waals surface area contributed by atoms with Crippen molar-refractivity contribution in [1.82, 2.24) is 20.2 Å². The normalized spacial score (nSPS) is 18.0. The van der Waals surface area contributed by atoms with E-state index in [-0.39, 0.29) is 30.1 Å². The van der Waals surface area contributed by atoms with Crippen LogP contribution in [0, 0.1) is 23.2 Å². The molecule has 0 saturated carbocycles. The van der Waals surface area contributed by atoms with E-state index in [1.807, 2.05) is 36.9 Å². The highest BCUT2D eigenvalue weighted by molar-refractivity contribution is 14.1. The fourth-order valence-electron chi connectivity index (χ4n) is 4.08. The second-order valence-electron chi connectivity index (χ2n) is 7.70. The maximum Gasteiger partial charge on any atom is 0.226 e. The van der Waals surface area contributed by atoms with Gasteiger partial charge in [-0.15, -0.1) is 0 Å². The number of aromatic nitrogens is 2. The Labute approximate surface area is 205 Å². The number of aromatic amines is 1. The lowest BCUT2D eigenvalue weighted by Crippen LogP contribution is -2.33. The Morgan fingerprint density at radius 3 is 2.62 bits per heavy atom. The predicted octanol–water partition coefficient (Wildman–Crippen LogP) is 4.77. The standard InChI is InChI=1S/C23H23FIN5OS/c1-13-19(20(25)14(2)27-13)22-21(17-9-5-6-11-26-17)29-23(32)30(22)12-10-18(31)28-16-8-4-3-7-15(16)24/h3-9,11,21-22,27H,10,12H2,1-2H3,(H,28,31)(H,29,32)/t21-,22+/m0/s1. The maximum atomic E-state index is 13.9. The van der Waals surface area contributed by atoms with Gasteiger partial charge in [-0.1, -0.05) is 18.2 Å². The lowest BCUT2D eigenvalue weighted by atomic mass is 9.96. The summed E-state index contributed by atoms with van der Waals surface area (Å²) in [5.41, 5.74) is 4.35. The number of aryl methyl sites for hydroxylation is 2. The van der Waals surface area contributed by atoms with Gasteiger partial charge in [0.15, 0.2) is 5.11 Å². The van der Waals surface area contributed by atoms with Crippen LogP contribution in [0.1, 0.15) is 41.1 Å². The second-order valence-corrected chi connectivity index (χ2v) is 9.17. The molecule has 1 aromatic carbocycles. The minimum absolute atomic E-state index is 0.129. The van der Waals surface area contributed by atoms with Crippen LogP contribution in [0.25, 0.3) is 0 Å². The van der Waals surface area contributed by atoms with Crippen molar-refractivity contribution in [3.05, 3.63) is 80.7 Å². The zero-order valence-electron chi connectivity index (χ0n) is 17.7. The van der Waals surface area contributed by atoms with Crippen molar-refractivity contribution in [3.8, 4) is 0 Å². The number of benzene rings is 1. The van der Waals surface area contributed by atoms with Crippen LogP contribution in [-0.2, 0) is 4.79 Å². The molecule has 3 aromatic rings. The third-order valence-electron chi connectivity index (χ3n) is 5.57. The number of amides is 1. The van der Waals surface area contributed by atoms with E-state index in [1.165, 1.54) is 6.07 Å². The molecule has 1 saturated heterocycles. The SMILES string of the molecule is Cc1[nH]c(C)c([C@@H]2[C@H](c3ccccn3)NC(=S)N2CCC(=O)Nc2ccccc2F)c1I. The van der Waals surface area contributed by atoms with Gasteiger partial charge in [-0.3, -0.25) is 9.78 Å². The van der Waals surface area contributed by atoms with Gasteiger partial charge in [-0.05, 0) is 72.9 Å². The quantitative estimate of drug-likeness (QED) is 0.298. The molecule has 3 heterocycles. The molecule has 0 bridgehead atoms. The fraction of sp³-hybridized carbons (Fsp3) is 0.261. The molecule has 2 aromatic heterocycles. The van der Waals surface area contributed by atoms with Crippen molar-refractivity contribution >= 4 is 51.5 Å². The fourth-order valence-corrected chi connectivity index (χ4v) is 5.27. The average molecular weight is 563 g/mol. The molecule has 0 unspecified atom stereocenters. The topological polar surface area (TPSA) is 73.0 Å². The summed E-state index contributed by atoms with van der Waals surface area (Å²) in [6.07, 6.45) is 1.93. The van der Waals surface area contributed by atoms with Crippen LogP contribution in [0.4, 0.5) is 10.1 Å². The number of thiocarbonyl (C=S) groups is 1. The number of carbonyl (C=O) groups is 1. The number of pyridine rings is 1. The molecular weight excluding hydrogens is 540 g/mol. The zero-order chi connectivity index (χ0) is 22.8. The average Bonchev–Trinajstić information content (AvgIpc) is 3.23. The molecule has 1 fully saturated rings. The molecule has 0 spiro atoms. The number of nitrogens with one attached hydrogen (secondary N) is 3. The van der Waals surface area contributed by atoms with Crippen LogP contribution >= 0.6 is 34.8 Å². The molecule has 2 atom stereocenters. The van der Waals surface area contributed by atoms with Crippen molar-refractivity contribution in [3.63, 3.8) is 0 Å². The first-order valence-corrected chi connectivity index (χ1v) is 11.7. The highest BCUT2D eigenvalue weighted by Crippen LogP contribution is 2.42. The lowest BCUT2D eigenvalue weighted by Gasteiger charge is -2.28. The minimum Gasteiger partial charge on any atom is -0.362 e. The van der Waals surface area contributed by atoms with E-state index in [9.17, 15) is 9.18 Å². The van der Waals surface area contributed by atoms with Crippen LogP contribution in [0.3, 0.4) is 0 Å². The van der Waals surface area contributed by atoms with Gasteiger partial charge in [0.05, 0.1) is 23.5 Å². The van der Waals surface area contributed by atoms with Gasteiger partial charge >= 0.3 is 0 Å². The predicted molar refractivity (Wildman–Crippen MR) is 135 cm³/mol. The number of para-hydroxylation sites is 1. The van der Waals surface area contributed by atoms with E-state index in [0.29, 0.717) is 11.7 Å². The van der Waals surface area contributed by atoms with Gasteiger partial charge in [0, 0.05) is 39.7 Å². The number of H-pyrrole nitrogens is 1. The third-order valence-corrected chi connectivity index (χ3v) is 7.31. The van der Waals surface area contributed by atoms with Crippen LogP contribution in [0.15, 0.2) is 48.7 Å². The van der Waals surface area contributed by atoms with Crippen molar-refractivity contribution in [2.75, 3.05) is 11.9 Å². The Balaban J connectivity index is 1.60. The Kier molecular flexibility index (Phi) is 6.75. The number of hydrogen-bond donors (Lipinski definition) is 3. The summed E-state index contributed by atoms with van der Waals surface area (Å²) in [6.45, 7) is 4.48. The lowest BCUT2D eigenvalue weighted by molar-refractivity contribution is -0.116.